The van der Waals surface area contributed by atoms with Gasteiger partial charge in [-0.2, -0.15) is 0 Å². The van der Waals surface area contributed by atoms with E-state index in [4.69, 9.17) is 0 Å². The van der Waals surface area contributed by atoms with Gasteiger partial charge in [-0.3, -0.25) is 9.59 Å². The first kappa shape index (κ1) is 13.5. The Balaban J connectivity index is 1.63. The summed E-state index contributed by atoms with van der Waals surface area (Å²) in [6.07, 6.45) is 3.16. The molecule has 0 bridgehead atoms. The molecular weight excluding hydrogens is 272 g/mol. The fraction of sp³-hybridized carbons (Fsp3) is 0.467. The maximum absolute atomic E-state index is 12.1. The van der Waals surface area contributed by atoms with Crippen molar-refractivity contribution in [1.29, 1.82) is 0 Å². The van der Waals surface area contributed by atoms with Crippen LogP contribution in [0.1, 0.15) is 30.0 Å². The van der Waals surface area contributed by atoms with Crippen molar-refractivity contribution in [3.63, 3.8) is 0 Å². The van der Waals surface area contributed by atoms with Crippen LogP contribution in [0.25, 0.3) is 0 Å². The van der Waals surface area contributed by atoms with E-state index >= 15 is 0 Å². The van der Waals surface area contributed by atoms with Crippen LogP contribution in [0.15, 0.2) is 24.3 Å². The maximum atomic E-state index is 12.1. The number of amides is 2. The molecule has 0 saturated carbocycles. The summed E-state index contributed by atoms with van der Waals surface area (Å²) in [5.41, 5.74) is 2.56. The van der Waals surface area contributed by atoms with Crippen molar-refractivity contribution in [2.24, 2.45) is 0 Å². The number of carbonyl (C=O) groups is 2. The third kappa shape index (κ3) is 2.82. The van der Waals surface area contributed by atoms with Gasteiger partial charge in [0.15, 0.2) is 0 Å². The van der Waals surface area contributed by atoms with E-state index < -0.39 is 0 Å². The monoisotopic (exact) mass is 290 g/mol. The molecule has 2 aliphatic rings. The Morgan fingerprint density at radius 1 is 1.40 bits per heavy atom. The van der Waals surface area contributed by atoms with Gasteiger partial charge in [-0.1, -0.05) is 36.0 Å². The van der Waals surface area contributed by atoms with Crippen LogP contribution in [0.3, 0.4) is 0 Å². The number of rotatable bonds is 3. The van der Waals surface area contributed by atoms with Gasteiger partial charge in [0, 0.05) is 12.3 Å². The van der Waals surface area contributed by atoms with E-state index in [1.54, 1.807) is 4.90 Å². The molecule has 1 atom stereocenters. The molecule has 1 aromatic rings. The van der Waals surface area contributed by atoms with E-state index in [0.29, 0.717) is 6.54 Å². The second-order valence-corrected chi connectivity index (χ2v) is 6.29. The van der Waals surface area contributed by atoms with Crippen LogP contribution in [0.4, 0.5) is 4.79 Å². The lowest BCUT2D eigenvalue weighted by molar-refractivity contribution is -0.122. The van der Waals surface area contributed by atoms with Gasteiger partial charge in [-0.15, -0.1) is 0 Å². The summed E-state index contributed by atoms with van der Waals surface area (Å²) in [5, 5.41) is 3.10. The third-order valence-electron chi connectivity index (χ3n) is 3.88. The maximum Gasteiger partial charge on any atom is 0.282 e. The quantitative estimate of drug-likeness (QED) is 0.929. The summed E-state index contributed by atoms with van der Waals surface area (Å²) in [5.74, 6) is 0.737. The largest absolute Gasteiger partial charge is 0.348 e. The van der Waals surface area contributed by atoms with Gasteiger partial charge in [0.05, 0.1) is 6.04 Å². The minimum Gasteiger partial charge on any atom is -0.348 e. The van der Waals surface area contributed by atoms with Gasteiger partial charge >= 0.3 is 0 Å². The first-order valence-electron chi connectivity index (χ1n) is 7.03. The van der Waals surface area contributed by atoms with Crippen LogP contribution < -0.4 is 5.32 Å². The number of thioether (sulfide) groups is 1. The highest BCUT2D eigenvalue weighted by Gasteiger charge is 2.26. The molecule has 0 radical (unpaired) electrons. The summed E-state index contributed by atoms with van der Waals surface area (Å²) in [4.78, 5) is 25.2. The Morgan fingerprint density at radius 3 is 3.05 bits per heavy atom. The van der Waals surface area contributed by atoms with Gasteiger partial charge in [0.1, 0.15) is 6.54 Å². The molecule has 3 rings (SSSR count). The molecular formula is C15H18N2O2S. The first-order valence-corrected chi connectivity index (χ1v) is 8.01. The lowest BCUT2D eigenvalue weighted by Gasteiger charge is -2.27. The Hall–Kier alpha value is -1.49. The molecule has 1 heterocycles. The van der Waals surface area contributed by atoms with Crippen molar-refractivity contribution in [3.8, 4) is 0 Å². The highest BCUT2D eigenvalue weighted by Crippen LogP contribution is 2.29. The number of fused-ring (bicyclic) bond motifs is 1. The molecule has 20 heavy (non-hydrogen) atoms. The minimum atomic E-state index is -0.0532. The van der Waals surface area contributed by atoms with Crippen molar-refractivity contribution >= 4 is 22.9 Å². The molecule has 0 aromatic heterocycles. The number of nitrogens with one attached hydrogen (secondary N) is 1. The number of hydrogen-bond acceptors (Lipinski definition) is 3. The fourth-order valence-electron chi connectivity index (χ4n) is 2.89. The molecule has 1 saturated heterocycles. The van der Waals surface area contributed by atoms with E-state index in [1.807, 2.05) is 12.1 Å². The van der Waals surface area contributed by atoms with Crippen LogP contribution >= 0.6 is 11.8 Å². The summed E-state index contributed by atoms with van der Waals surface area (Å²) < 4.78 is 0. The second kappa shape index (κ2) is 5.87. The molecule has 106 valence electrons. The lowest BCUT2D eigenvalue weighted by Crippen LogP contribution is -2.39. The smallest absolute Gasteiger partial charge is 0.282 e. The average molecular weight is 290 g/mol. The van der Waals surface area contributed by atoms with Crippen molar-refractivity contribution in [2.75, 3.05) is 18.8 Å². The normalized spacial score (nSPS) is 21.7. The van der Waals surface area contributed by atoms with E-state index in [2.05, 4.69) is 17.4 Å². The molecule has 4 nitrogen and oxygen atoms in total. The zero-order valence-corrected chi connectivity index (χ0v) is 12.1. The van der Waals surface area contributed by atoms with Crippen LogP contribution in [0.2, 0.25) is 0 Å². The molecule has 1 fully saturated rings. The first-order chi connectivity index (χ1) is 9.74. The Labute approximate surface area is 122 Å². The Morgan fingerprint density at radius 2 is 2.25 bits per heavy atom. The predicted octanol–water partition coefficient (Wildman–Crippen LogP) is 2.35. The SMILES string of the molecule is O=C(CN1CCSC1=O)N[C@H]1CCCc2ccccc21. The van der Waals surface area contributed by atoms with E-state index in [1.165, 1.54) is 22.9 Å². The summed E-state index contributed by atoms with van der Waals surface area (Å²) in [6.45, 7) is 0.864. The van der Waals surface area contributed by atoms with E-state index in [-0.39, 0.29) is 23.7 Å². The van der Waals surface area contributed by atoms with E-state index in [0.717, 1.165) is 25.0 Å². The number of hydrogen-bond donors (Lipinski definition) is 1. The summed E-state index contributed by atoms with van der Waals surface area (Å²) in [6, 6.07) is 8.38. The van der Waals surface area contributed by atoms with Gasteiger partial charge in [-0.05, 0) is 30.4 Å². The van der Waals surface area contributed by atoms with Crippen LogP contribution in [-0.2, 0) is 11.2 Å². The standard InChI is InChI=1S/C15H18N2O2S/c18-14(10-17-8-9-20-15(17)19)16-13-7-3-5-11-4-1-2-6-12(11)13/h1-2,4,6,13H,3,5,7-10H2,(H,16,18)/t13-/m0/s1. The molecule has 0 spiro atoms. The molecule has 5 heteroatoms. The third-order valence-corrected chi connectivity index (χ3v) is 4.78. The molecule has 1 aromatic carbocycles. The van der Waals surface area contributed by atoms with Crippen LogP contribution in [0.5, 0.6) is 0 Å². The zero-order valence-electron chi connectivity index (χ0n) is 11.3. The van der Waals surface area contributed by atoms with E-state index in [9.17, 15) is 9.59 Å². The Kier molecular flexibility index (Phi) is 3.96. The topological polar surface area (TPSA) is 49.4 Å². The fourth-order valence-corrected chi connectivity index (χ4v) is 3.71. The van der Waals surface area contributed by atoms with Crippen molar-refractivity contribution < 1.29 is 9.59 Å². The number of carbonyl (C=O) groups excluding carboxylic acids is 2. The number of aryl methyl sites for hydroxylation is 1. The predicted molar refractivity (Wildman–Crippen MR) is 79.7 cm³/mol. The van der Waals surface area contributed by atoms with Crippen molar-refractivity contribution in [3.05, 3.63) is 35.4 Å². The van der Waals surface area contributed by atoms with Crippen LogP contribution in [0, 0.1) is 0 Å². The summed E-state index contributed by atoms with van der Waals surface area (Å²) in [7, 11) is 0. The van der Waals surface area contributed by atoms with Gasteiger partial charge in [-0.25, -0.2) is 0 Å². The minimum absolute atomic E-state index is 0.0178. The molecule has 2 amide bonds. The van der Waals surface area contributed by atoms with Gasteiger partial charge in [0.25, 0.3) is 5.24 Å². The Bertz CT molecular complexity index is 532. The molecule has 1 aliphatic carbocycles. The van der Waals surface area contributed by atoms with Crippen molar-refractivity contribution in [2.45, 2.75) is 25.3 Å². The highest BCUT2D eigenvalue weighted by molar-refractivity contribution is 8.13. The van der Waals surface area contributed by atoms with Crippen molar-refractivity contribution in [1.82, 2.24) is 10.2 Å². The zero-order chi connectivity index (χ0) is 13.9. The lowest BCUT2D eigenvalue weighted by atomic mass is 9.88. The highest BCUT2D eigenvalue weighted by atomic mass is 32.2. The average Bonchev–Trinajstić information content (AvgIpc) is 2.85. The van der Waals surface area contributed by atoms with Crippen LogP contribution in [-0.4, -0.2) is 34.9 Å². The number of benzene rings is 1. The van der Waals surface area contributed by atoms with Gasteiger partial charge in [0.2, 0.25) is 5.91 Å². The summed E-state index contributed by atoms with van der Waals surface area (Å²) >= 11 is 1.29. The molecule has 1 N–H and O–H groups in total. The molecule has 1 aliphatic heterocycles. The molecule has 0 unspecified atom stereocenters. The second-order valence-electron chi connectivity index (χ2n) is 5.25. The van der Waals surface area contributed by atoms with Gasteiger partial charge < -0.3 is 10.2 Å². The number of nitrogens with zero attached hydrogens (tertiary/aromatic N) is 1.